The number of esters is 1. The second-order valence-electron chi connectivity index (χ2n) is 6.83. The lowest BCUT2D eigenvalue weighted by Crippen LogP contribution is -2.43. The lowest BCUT2D eigenvalue weighted by molar-refractivity contribution is -0.125. The molecule has 2 amide bonds. The van der Waals surface area contributed by atoms with Crippen molar-refractivity contribution in [3.8, 4) is 5.75 Å². The summed E-state index contributed by atoms with van der Waals surface area (Å²) in [6.45, 7) is 1.68. The summed E-state index contributed by atoms with van der Waals surface area (Å²) in [4.78, 5) is 38.0. The molecule has 0 saturated heterocycles. The first-order chi connectivity index (χ1) is 13.9. The van der Waals surface area contributed by atoms with Crippen LogP contribution in [0, 0.1) is 5.92 Å². The largest absolute Gasteiger partial charge is 0.496 e. The summed E-state index contributed by atoms with van der Waals surface area (Å²) in [5.41, 5.74) is 5.80. The molecule has 1 heterocycles. The van der Waals surface area contributed by atoms with Crippen molar-refractivity contribution in [3.05, 3.63) is 50.2 Å². The molecular weight excluding hydrogens is 416 g/mol. The van der Waals surface area contributed by atoms with Crippen molar-refractivity contribution in [3.63, 3.8) is 0 Å². The highest BCUT2D eigenvalue weighted by molar-refractivity contribution is 7.14. The average molecular weight is 437 g/mol. The van der Waals surface area contributed by atoms with E-state index in [1.165, 1.54) is 35.0 Å². The number of hydrogen-bond donors (Lipinski definition) is 2. The minimum atomic E-state index is -0.664. The van der Waals surface area contributed by atoms with Crippen LogP contribution >= 0.6 is 22.9 Å². The number of hydrazine groups is 1. The van der Waals surface area contributed by atoms with Gasteiger partial charge in [0.15, 0.2) is 6.61 Å². The number of nitrogens with one attached hydrogen (secondary N) is 2. The standard InChI is InChI=1S/C20H21ClN2O5S/c1-11-3-6-16-12(7-11)8-17(29-16)20(26)28-10-18(24)22-23-19(25)14-9-13(21)4-5-15(14)27-2/h4-5,8-9,11H,3,6-7,10H2,1-2H3,(H,22,24)(H,23,25). The van der Waals surface area contributed by atoms with Gasteiger partial charge in [-0.25, -0.2) is 4.79 Å². The van der Waals surface area contributed by atoms with Crippen LogP contribution < -0.4 is 15.6 Å². The van der Waals surface area contributed by atoms with Gasteiger partial charge in [-0.2, -0.15) is 0 Å². The molecule has 0 aliphatic heterocycles. The van der Waals surface area contributed by atoms with Crippen LogP contribution in [0.2, 0.25) is 5.02 Å². The van der Waals surface area contributed by atoms with Crippen LogP contribution in [0.25, 0.3) is 0 Å². The maximum Gasteiger partial charge on any atom is 0.348 e. The number of methoxy groups -OCH3 is 1. The van der Waals surface area contributed by atoms with Gasteiger partial charge in [-0.15, -0.1) is 11.3 Å². The molecule has 1 aromatic heterocycles. The number of fused-ring (bicyclic) bond motifs is 1. The van der Waals surface area contributed by atoms with Crippen molar-refractivity contribution in [2.24, 2.45) is 5.92 Å². The van der Waals surface area contributed by atoms with Crippen LogP contribution in [0.15, 0.2) is 24.3 Å². The molecule has 1 aliphatic rings. The highest BCUT2D eigenvalue weighted by atomic mass is 35.5. The molecule has 1 atom stereocenters. The van der Waals surface area contributed by atoms with Crippen molar-refractivity contribution in [1.29, 1.82) is 0 Å². The zero-order valence-corrected chi connectivity index (χ0v) is 17.6. The average Bonchev–Trinajstić information content (AvgIpc) is 3.13. The minimum absolute atomic E-state index is 0.163. The van der Waals surface area contributed by atoms with Gasteiger partial charge < -0.3 is 9.47 Å². The third-order valence-electron chi connectivity index (χ3n) is 4.59. The topological polar surface area (TPSA) is 93.7 Å². The molecule has 3 rings (SSSR count). The second-order valence-corrected chi connectivity index (χ2v) is 8.40. The predicted octanol–water partition coefficient (Wildman–Crippen LogP) is 3.15. The molecule has 7 nitrogen and oxygen atoms in total. The number of rotatable bonds is 5. The van der Waals surface area contributed by atoms with Crippen LogP contribution in [0.1, 0.15) is 43.8 Å². The molecule has 1 aromatic carbocycles. The van der Waals surface area contributed by atoms with E-state index in [1.807, 2.05) is 6.07 Å². The van der Waals surface area contributed by atoms with Gasteiger partial charge in [0, 0.05) is 9.90 Å². The van der Waals surface area contributed by atoms with E-state index in [1.54, 1.807) is 12.1 Å². The number of thiophene rings is 1. The van der Waals surface area contributed by atoms with Crippen molar-refractivity contribution in [2.45, 2.75) is 26.2 Å². The zero-order chi connectivity index (χ0) is 21.0. The van der Waals surface area contributed by atoms with Crippen molar-refractivity contribution >= 4 is 40.7 Å². The van der Waals surface area contributed by atoms with E-state index >= 15 is 0 Å². The van der Waals surface area contributed by atoms with E-state index < -0.39 is 24.4 Å². The Morgan fingerprint density at radius 3 is 2.79 bits per heavy atom. The molecule has 29 heavy (non-hydrogen) atoms. The fraction of sp³-hybridized carbons (Fsp3) is 0.350. The Morgan fingerprint density at radius 1 is 1.24 bits per heavy atom. The molecular formula is C20H21ClN2O5S. The third kappa shape index (κ3) is 5.27. The highest BCUT2D eigenvalue weighted by Crippen LogP contribution is 2.32. The predicted molar refractivity (Wildman–Crippen MR) is 109 cm³/mol. The molecule has 0 bridgehead atoms. The van der Waals surface area contributed by atoms with Crippen LogP contribution in [0.4, 0.5) is 0 Å². The van der Waals surface area contributed by atoms with Crippen LogP contribution in [0.5, 0.6) is 5.75 Å². The zero-order valence-electron chi connectivity index (χ0n) is 16.0. The second kappa shape index (κ2) is 9.28. The number of carbonyl (C=O) groups excluding carboxylic acids is 3. The van der Waals surface area contributed by atoms with Gasteiger partial charge in [0.1, 0.15) is 10.6 Å². The van der Waals surface area contributed by atoms with Gasteiger partial charge in [0.25, 0.3) is 11.8 Å². The molecule has 2 aromatic rings. The Kier molecular flexibility index (Phi) is 6.76. The molecule has 0 radical (unpaired) electrons. The smallest absolute Gasteiger partial charge is 0.348 e. The Labute approximate surface area is 177 Å². The summed E-state index contributed by atoms with van der Waals surface area (Å²) in [6.07, 6.45) is 3.04. The van der Waals surface area contributed by atoms with Crippen LogP contribution in [0.3, 0.4) is 0 Å². The third-order valence-corrected chi connectivity index (χ3v) is 6.04. The number of benzene rings is 1. The summed E-state index contributed by atoms with van der Waals surface area (Å²) in [5, 5.41) is 0.351. The lowest BCUT2D eigenvalue weighted by atomic mass is 9.90. The van der Waals surface area contributed by atoms with Gasteiger partial charge in [-0.3, -0.25) is 20.4 Å². The summed E-state index contributed by atoms with van der Waals surface area (Å²) >= 11 is 7.31. The Balaban J connectivity index is 1.49. The lowest BCUT2D eigenvalue weighted by Gasteiger charge is -2.16. The molecule has 9 heteroatoms. The van der Waals surface area contributed by atoms with Gasteiger partial charge in [-0.05, 0) is 55.0 Å². The van der Waals surface area contributed by atoms with Gasteiger partial charge >= 0.3 is 5.97 Å². The number of halogens is 1. The number of amides is 2. The summed E-state index contributed by atoms with van der Waals surface area (Å²) in [6, 6.07) is 6.39. The minimum Gasteiger partial charge on any atom is -0.496 e. The van der Waals surface area contributed by atoms with E-state index in [4.69, 9.17) is 21.1 Å². The molecule has 0 saturated carbocycles. The number of ether oxygens (including phenoxy) is 2. The van der Waals surface area contributed by atoms with Gasteiger partial charge in [0.2, 0.25) is 0 Å². The number of carbonyl (C=O) groups is 3. The SMILES string of the molecule is COc1ccc(Cl)cc1C(=O)NNC(=O)COC(=O)c1cc2c(s1)CCC(C)C2. The van der Waals surface area contributed by atoms with Crippen LogP contribution in [-0.4, -0.2) is 31.5 Å². The molecule has 1 unspecified atom stereocenters. The van der Waals surface area contributed by atoms with Crippen molar-refractivity contribution in [1.82, 2.24) is 10.9 Å². The van der Waals surface area contributed by atoms with Crippen LogP contribution in [-0.2, 0) is 22.4 Å². The maximum absolute atomic E-state index is 12.2. The number of aryl methyl sites for hydroxylation is 1. The van der Waals surface area contributed by atoms with Gasteiger partial charge in [-0.1, -0.05) is 18.5 Å². The Morgan fingerprint density at radius 2 is 2.03 bits per heavy atom. The van der Waals surface area contributed by atoms with E-state index in [9.17, 15) is 14.4 Å². The first-order valence-electron chi connectivity index (χ1n) is 9.08. The Bertz CT molecular complexity index is 943. The monoisotopic (exact) mass is 436 g/mol. The summed E-state index contributed by atoms with van der Waals surface area (Å²) < 4.78 is 10.2. The van der Waals surface area contributed by atoms with E-state index in [0.29, 0.717) is 21.6 Å². The molecule has 1 aliphatic carbocycles. The van der Waals surface area contributed by atoms with E-state index in [0.717, 1.165) is 19.3 Å². The number of hydrogen-bond acceptors (Lipinski definition) is 6. The summed E-state index contributed by atoms with van der Waals surface area (Å²) in [5.74, 6) is -0.904. The molecule has 0 spiro atoms. The first kappa shape index (κ1) is 21.1. The normalized spacial score (nSPS) is 15.2. The molecule has 154 valence electrons. The van der Waals surface area contributed by atoms with E-state index in [2.05, 4.69) is 17.8 Å². The van der Waals surface area contributed by atoms with Crippen molar-refractivity contribution in [2.75, 3.05) is 13.7 Å². The quantitative estimate of drug-likeness (QED) is 0.554. The maximum atomic E-state index is 12.2. The fourth-order valence-corrected chi connectivity index (χ4v) is 4.37. The summed E-state index contributed by atoms with van der Waals surface area (Å²) in [7, 11) is 1.42. The van der Waals surface area contributed by atoms with Crippen molar-refractivity contribution < 1.29 is 23.9 Å². The highest BCUT2D eigenvalue weighted by Gasteiger charge is 2.22. The Hall–Kier alpha value is -2.58. The van der Waals surface area contributed by atoms with E-state index in [-0.39, 0.29) is 5.56 Å². The first-order valence-corrected chi connectivity index (χ1v) is 10.3. The fourth-order valence-electron chi connectivity index (χ4n) is 3.10. The van der Waals surface area contributed by atoms with Gasteiger partial charge in [0.05, 0.1) is 12.7 Å². The molecule has 0 fully saturated rings. The molecule has 2 N–H and O–H groups in total.